The highest BCUT2D eigenvalue weighted by Gasteiger charge is 2.50. The van der Waals surface area contributed by atoms with E-state index in [1.54, 1.807) is 6.33 Å². The summed E-state index contributed by atoms with van der Waals surface area (Å²) >= 11 is 0. The minimum atomic E-state index is 0.319. The first kappa shape index (κ1) is 20.0. The Hall–Kier alpha value is -1.65. The van der Waals surface area contributed by atoms with E-state index in [4.69, 9.17) is 0 Å². The molecular formula is C26H38N4O. The summed E-state index contributed by atoms with van der Waals surface area (Å²) in [7, 11) is 0. The number of carbonyl (C=O) groups is 1. The van der Waals surface area contributed by atoms with Crippen molar-refractivity contribution in [1.82, 2.24) is 14.9 Å². The third-order valence-electron chi connectivity index (χ3n) is 9.40. The maximum Gasteiger partial charge on any atom is 0.222 e. The Morgan fingerprint density at radius 1 is 1.06 bits per heavy atom. The first-order chi connectivity index (χ1) is 15.2. The van der Waals surface area contributed by atoms with Gasteiger partial charge in [-0.15, -0.1) is 0 Å². The standard InChI is InChI=1S/C26H38N4O/c31-24(6-5-18-3-1-2-4-18)30-8-7-22-23(15-30)28-17-29-25(22)27-16-26-12-19-9-20(13-26)11-21(10-19)14-26/h17-21H,1-16H2,(H,27,28,29). The Morgan fingerprint density at radius 3 is 2.48 bits per heavy atom. The maximum absolute atomic E-state index is 12.8. The number of aromatic nitrogens is 2. The molecule has 6 aliphatic rings. The fourth-order valence-electron chi connectivity index (χ4n) is 8.28. The second-order valence-corrected chi connectivity index (χ2v) is 11.7. The third-order valence-corrected chi connectivity index (χ3v) is 9.40. The van der Waals surface area contributed by atoms with Crippen molar-refractivity contribution in [1.29, 1.82) is 0 Å². The summed E-state index contributed by atoms with van der Waals surface area (Å²) in [4.78, 5) is 24.1. The van der Waals surface area contributed by atoms with Crippen LogP contribution in [0.15, 0.2) is 6.33 Å². The van der Waals surface area contributed by atoms with E-state index in [1.807, 2.05) is 4.90 Å². The molecule has 1 N–H and O–H groups in total. The van der Waals surface area contributed by atoms with Crippen LogP contribution in [0, 0.1) is 29.1 Å². The summed E-state index contributed by atoms with van der Waals surface area (Å²) in [6.07, 6.45) is 18.5. The third kappa shape index (κ3) is 3.98. The fourth-order valence-corrected chi connectivity index (χ4v) is 8.28. The first-order valence-corrected chi connectivity index (χ1v) is 13.0. The van der Waals surface area contributed by atoms with Gasteiger partial charge in [0.05, 0.1) is 12.2 Å². The molecule has 0 radical (unpaired) electrons. The molecule has 5 heteroatoms. The molecule has 1 aliphatic heterocycles. The summed E-state index contributed by atoms with van der Waals surface area (Å²) in [5.74, 6) is 5.09. The smallest absolute Gasteiger partial charge is 0.222 e. The lowest BCUT2D eigenvalue weighted by Gasteiger charge is -2.57. The second-order valence-electron chi connectivity index (χ2n) is 11.7. The Kier molecular flexibility index (Phi) is 5.19. The van der Waals surface area contributed by atoms with Crippen molar-refractivity contribution in [3.05, 3.63) is 17.6 Å². The highest BCUT2D eigenvalue weighted by atomic mass is 16.2. The van der Waals surface area contributed by atoms with E-state index < -0.39 is 0 Å². The van der Waals surface area contributed by atoms with Crippen molar-refractivity contribution in [2.24, 2.45) is 29.1 Å². The predicted molar refractivity (Wildman–Crippen MR) is 121 cm³/mol. The van der Waals surface area contributed by atoms with Gasteiger partial charge in [-0.1, -0.05) is 25.7 Å². The lowest BCUT2D eigenvalue weighted by Crippen LogP contribution is -2.49. The van der Waals surface area contributed by atoms with Crippen LogP contribution < -0.4 is 5.32 Å². The van der Waals surface area contributed by atoms with Crippen molar-refractivity contribution in [3.8, 4) is 0 Å². The summed E-state index contributed by atoms with van der Waals surface area (Å²) in [6.45, 7) is 2.55. The SMILES string of the molecule is O=C(CCC1CCCC1)N1CCc2c(ncnc2NCC23CC4CC(CC(C4)C2)C3)C1. The van der Waals surface area contributed by atoms with E-state index in [2.05, 4.69) is 15.3 Å². The van der Waals surface area contributed by atoms with Crippen LogP contribution in [-0.2, 0) is 17.8 Å². The van der Waals surface area contributed by atoms with Gasteiger partial charge in [0.25, 0.3) is 0 Å². The summed E-state index contributed by atoms with van der Waals surface area (Å²) in [5.41, 5.74) is 2.82. The van der Waals surface area contributed by atoms with Gasteiger partial charge in [-0.25, -0.2) is 9.97 Å². The van der Waals surface area contributed by atoms with Crippen molar-refractivity contribution < 1.29 is 4.79 Å². The Bertz CT molecular complexity index is 795. The van der Waals surface area contributed by atoms with Crippen LogP contribution in [0.25, 0.3) is 0 Å². The van der Waals surface area contributed by atoms with Crippen LogP contribution >= 0.6 is 0 Å². The predicted octanol–water partition coefficient (Wildman–Crippen LogP) is 4.96. The van der Waals surface area contributed by atoms with E-state index in [-0.39, 0.29) is 0 Å². The van der Waals surface area contributed by atoms with Crippen LogP contribution in [-0.4, -0.2) is 33.9 Å². The number of nitrogens with zero attached hydrogens (tertiary/aromatic N) is 3. The number of fused-ring (bicyclic) bond motifs is 1. The monoisotopic (exact) mass is 422 g/mol. The van der Waals surface area contributed by atoms with Gasteiger partial charge in [-0.3, -0.25) is 4.79 Å². The number of hydrogen-bond donors (Lipinski definition) is 1. The van der Waals surface area contributed by atoms with Gasteiger partial charge in [0, 0.05) is 25.1 Å². The molecule has 5 saturated carbocycles. The highest BCUT2D eigenvalue weighted by molar-refractivity contribution is 5.76. The molecule has 1 aromatic rings. The van der Waals surface area contributed by atoms with Crippen LogP contribution in [0.3, 0.4) is 0 Å². The largest absolute Gasteiger partial charge is 0.369 e. The lowest BCUT2D eigenvalue weighted by molar-refractivity contribution is -0.132. The number of rotatable bonds is 6. The molecule has 0 unspecified atom stereocenters. The van der Waals surface area contributed by atoms with E-state index in [9.17, 15) is 4.79 Å². The molecule has 5 fully saturated rings. The van der Waals surface area contributed by atoms with E-state index in [0.717, 1.165) is 61.1 Å². The molecule has 5 aliphatic carbocycles. The quantitative estimate of drug-likeness (QED) is 0.704. The topological polar surface area (TPSA) is 58.1 Å². The summed E-state index contributed by atoms with van der Waals surface area (Å²) in [5, 5.41) is 3.78. The van der Waals surface area contributed by atoms with Crippen molar-refractivity contribution in [2.45, 2.75) is 90.0 Å². The maximum atomic E-state index is 12.8. The van der Waals surface area contributed by atoms with Crippen molar-refractivity contribution >= 4 is 11.7 Å². The van der Waals surface area contributed by atoms with Crippen LogP contribution in [0.5, 0.6) is 0 Å². The van der Waals surface area contributed by atoms with Gasteiger partial charge in [0.15, 0.2) is 0 Å². The molecule has 0 atom stereocenters. The first-order valence-electron chi connectivity index (χ1n) is 13.0. The molecule has 1 aromatic heterocycles. The average molecular weight is 423 g/mol. The number of anilines is 1. The van der Waals surface area contributed by atoms with E-state index in [0.29, 0.717) is 24.3 Å². The van der Waals surface area contributed by atoms with Crippen LogP contribution in [0.4, 0.5) is 5.82 Å². The van der Waals surface area contributed by atoms with Gasteiger partial charge in [0.2, 0.25) is 5.91 Å². The molecule has 7 rings (SSSR count). The minimum Gasteiger partial charge on any atom is -0.369 e. The number of carbonyl (C=O) groups excluding carboxylic acids is 1. The zero-order chi connectivity index (χ0) is 20.8. The second kappa shape index (κ2) is 8.04. The van der Waals surface area contributed by atoms with Crippen molar-refractivity contribution in [3.63, 3.8) is 0 Å². The zero-order valence-electron chi connectivity index (χ0n) is 19.0. The Morgan fingerprint density at radius 2 is 1.77 bits per heavy atom. The van der Waals surface area contributed by atoms with E-state index in [1.165, 1.54) is 69.8 Å². The Balaban J connectivity index is 1.08. The molecule has 5 nitrogen and oxygen atoms in total. The zero-order valence-corrected chi connectivity index (χ0v) is 19.0. The molecule has 0 spiro atoms. The molecule has 168 valence electrons. The molecule has 0 aromatic carbocycles. The minimum absolute atomic E-state index is 0.319. The molecule has 0 saturated heterocycles. The van der Waals surface area contributed by atoms with Crippen LogP contribution in [0.1, 0.15) is 88.3 Å². The number of nitrogens with one attached hydrogen (secondary N) is 1. The van der Waals surface area contributed by atoms with E-state index >= 15 is 0 Å². The molecule has 2 heterocycles. The fraction of sp³-hybridized carbons (Fsp3) is 0.808. The highest BCUT2D eigenvalue weighted by Crippen LogP contribution is 2.59. The number of hydrogen-bond acceptors (Lipinski definition) is 4. The Labute approximate surface area is 186 Å². The lowest BCUT2D eigenvalue weighted by atomic mass is 9.49. The van der Waals surface area contributed by atoms with Gasteiger partial charge < -0.3 is 10.2 Å². The van der Waals surface area contributed by atoms with Gasteiger partial charge in [0.1, 0.15) is 12.1 Å². The normalized spacial score (nSPS) is 34.2. The molecule has 4 bridgehead atoms. The molecule has 1 amide bonds. The average Bonchev–Trinajstić information content (AvgIpc) is 3.28. The van der Waals surface area contributed by atoms with Gasteiger partial charge in [-0.2, -0.15) is 0 Å². The van der Waals surface area contributed by atoms with Crippen molar-refractivity contribution in [2.75, 3.05) is 18.4 Å². The summed E-state index contributed by atoms with van der Waals surface area (Å²) < 4.78 is 0. The van der Waals surface area contributed by atoms with Crippen LogP contribution in [0.2, 0.25) is 0 Å². The summed E-state index contributed by atoms with van der Waals surface area (Å²) in [6, 6.07) is 0. The molecule has 31 heavy (non-hydrogen) atoms. The van der Waals surface area contributed by atoms with Gasteiger partial charge >= 0.3 is 0 Å². The number of amides is 1. The molecular weight excluding hydrogens is 384 g/mol. The van der Waals surface area contributed by atoms with Gasteiger partial charge in [-0.05, 0) is 80.5 Å².